The van der Waals surface area contributed by atoms with Gasteiger partial charge in [-0.1, -0.05) is 36.9 Å². The van der Waals surface area contributed by atoms with Crippen LogP contribution in [-0.2, 0) is 24.6 Å². The first kappa shape index (κ1) is 19.2. The fraction of sp³-hybridized carbons (Fsp3) is 0.389. The Morgan fingerprint density at radius 3 is 2.21 bits per heavy atom. The van der Waals surface area contributed by atoms with Gasteiger partial charge in [-0.05, 0) is 20.8 Å². The van der Waals surface area contributed by atoms with Gasteiger partial charge >= 0.3 is 12.1 Å². The molecule has 6 nitrogen and oxygen atoms in total. The van der Waals surface area contributed by atoms with Crippen molar-refractivity contribution in [3.8, 4) is 6.07 Å². The quantitative estimate of drug-likeness (QED) is 0.606. The fourth-order valence-corrected chi connectivity index (χ4v) is 1.96. The molecule has 1 atom stereocenters. The predicted molar refractivity (Wildman–Crippen MR) is 86.8 cm³/mol. The lowest BCUT2D eigenvalue weighted by atomic mass is 9.88. The molecule has 0 aliphatic carbocycles. The number of rotatable bonds is 5. The van der Waals surface area contributed by atoms with Gasteiger partial charge in [0.15, 0.2) is 0 Å². The summed E-state index contributed by atoms with van der Waals surface area (Å²) in [6.45, 7) is 8.64. The Kier molecular flexibility index (Phi) is 6.13. The van der Waals surface area contributed by atoms with Crippen molar-refractivity contribution in [2.75, 3.05) is 7.11 Å². The summed E-state index contributed by atoms with van der Waals surface area (Å²) in [5.74, 6) is -0.682. The van der Waals surface area contributed by atoms with Crippen molar-refractivity contribution < 1.29 is 23.8 Å². The Balaban J connectivity index is 3.20. The van der Waals surface area contributed by atoms with Crippen LogP contribution < -0.4 is 0 Å². The number of esters is 1. The topological polar surface area (TPSA) is 85.6 Å². The first-order valence-corrected chi connectivity index (χ1v) is 7.28. The van der Waals surface area contributed by atoms with Gasteiger partial charge in [0.1, 0.15) is 11.7 Å². The highest BCUT2D eigenvalue weighted by Gasteiger charge is 2.40. The van der Waals surface area contributed by atoms with Gasteiger partial charge in [0, 0.05) is 17.6 Å². The number of nitriles is 1. The van der Waals surface area contributed by atoms with E-state index in [-0.39, 0.29) is 12.0 Å². The minimum Gasteiger partial charge on any atom is -0.466 e. The van der Waals surface area contributed by atoms with Crippen molar-refractivity contribution >= 4 is 12.1 Å². The molecule has 0 aromatic heterocycles. The number of hydrogen-bond donors (Lipinski definition) is 0. The third kappa shape index (κ3) is 5.13. The minimum atomic E-state index is -1.74. The van der Waals surface area contributed by atoms with Crippen LogP contribution in [0.2, 0.25) is 0 Å². The Morgan fingerprint density at radius 1 is 1.17 bits per heavy atom. The zero-order valence-corrected chi connectivity index (χ0v) is 14.3. The average Bonchev–Trinajstić information content (AvgIpc) is 2.52. The standard InChI is InChI=1S/C18H21NO5/c1-13(15(20)22-5)11-18(12-19,14-9-7-6-8-10-14)24-16(21)23-17(2,3)4/h6-10H,1,11H2,2-5H3. The molecule has 0 radical (unpaired) electrons. The Labute approximate surface area is 141 Å². The van der Waals surface area contributed by atoms with E-state index in [0.717, 1.165) is 0 Å². The first-order valence-electron chi connectivity index (χ1n) is 7.28. The fourth-order valence-electron chi connectivity index (χ4n) is 1.96. The Hall–Kier alpha value is -2.81. The number of ether oxygens (including phenoxy) is 3. The van der Waals surface area contributed by atoms with E-state index in [9.17, 15) is 14.9 Å². The molecule has 0 fully saturated rings. The van der Waals surface area contributed by atoms with Crippen LogP contribution in [0.25, 0.3) is 0 Å². The molecule has 1 rings (SSSR count). The molecule has 6 heteroatoms. The maximum Gasteiger partial charge on any atom is 0.510 e. The molecule has 0 spiro atoms. The first-order chi connectivity index (χ1) is 11.1. The third-order valence-electron chi connectivity index (χ3n) is 3.00. The molecule has 1 aromatic carbocycles. The summed E-state index contributed by atoms with van der Waals surface area (Å²) in [7, 11) is 1.21. The van der Waals surface area contributed by atoms with Crippen LogP contribution in [-0.4, -0.2) is 24.8 Å². The van der Waals surface area contributed by atoms with Crippen LogP contribution in [0.5, 0.6) is 0 Å². The zero-order valence-electron chi connectivity index (χ0n) is 14.3. The summed E-state index contributed by atoms with van der Waals surface area (Å²) in [4.78, 5) is 23.7. The van der Waals surface area contributed by atoms with E-state index < -0.39 is 23.3 Å². The number of benzene rings is 1. The number of nitrogens with zero attached hydrogens (tertiary/aromatic N) is 1. The van der Waals surface area contributed by atoms with Gasteiger partial charge in [-0.25, -0.2) is 9.59 Å². The number of carbonyl (C=O) groups is 2. The van der Waals surface area contributed by atoms with Gasteiger partial charge in [0.2, 0.25) is 5.60 Å². The summed E-state index contributed by atoms with van der Waals surface area (Å²) in [6, 6.07) is 10.4. The summed E-state index contributed by atoms with van der Waals surface area (Å²) in [5, 5.41) is 9.70. The van der Waals surface area contributed by atoms with E-state index in [1.165, 1.54) is 7.11 Å². The van der Waals surface area contributed by atoms with Gasteiger partial charge < -0.3 is 14.2 Å². The highest BCUT2D eigenvalue weighted by atomic mass is 16.7. The molecule has 128 valence electrons. The maximum atomic E-state index is 12.1. The van der Waals surface area contributed by atoms with Crippen LogP contribution in [0.4, 0.5) is 4.79 Å². The van der Waals surface area contributed by atoms with E-state index in [1.807, 2.05) is 6.07 Å². The van der Waals surface area contributed by atoms with Crippen molar-refractivity contribution in [1.82, 2.24) is 0 Å². The highest BCUT2D eigenvalue weighted by Crippen LogP contribution is 2.33. The van der Waals surface area contributed by atoms with Crippen molar-refractivity contribution in [2.24, 2.45) is 0 Å². The van der Waals surface area contributed by atoms with Gasteiger partial charge in [-0.15, -0.1) is 0 Å². The van der Waals surface area contributed by atoms with E-state index in [1.54, 1.807) is 51.1 Å². The van der Waals surface area contributed by atoms with Gasteiger partial charge in [-0.3, -0.25) is 0 Å². The third-order valence-corrected chi connectivity index (χ3v) is 3.00. The zero-order chi connectivity index (χ0) is 18.4. The number of methoxy groups -OCH3 is 1. The SMILES string of the molecule is C=C(CC(C#N)(OC(=O)OC(C)(C)C)c1ccccc1)C(=O)OC. The second-order valence-electron chi connectivity index (χ2n) is 6.14. The molecular weight excluding hydrogens is 310 g/mol. The monoisotopic (exact) mass is 331 g/mol. The van der Waals surface area contributed by atoms with Crippen molar-refractivity contribution in [3.63, 3.8) is 0 Å². The summed E-state index contributed by atoms with van der Waals surface area (Å²) >= 11 is 0. The second-order valence-corrected chi connectivity index (χ2v) is 6.14. The predicted octanol–water partition coefficient (Wildman–Crippen LogP) is 3.48. The molecule has 0 heterocycles. The molecule has 0 aliphatic rings. The molecule has 0 saturated heterocycles. The summed E-state index contributed by atoms with van der Waals surface area (Å²) < 4.78 is 15.1. The van der Waals surface area contributed by atoms with Gasteiger partial charge in [-0.2, -0.15) is 5.26 Å². The Morgan fingerprint density at radius 2 is 1.75 bits per heavy atom. The van der Waals surface area contributed by atoms with Crippen LogP contribution in [0.3, 0.4) is 0 Å². The lowest BCUT2D eigenvalue weighted by Crippen LogP contribution is -2.35. The van der Waals surface area contributed by atoms with E-state index in [2.05, 4.69) is 11.3 Å². The van der Waals surface area contributed by atoms with Gasteiger partial charge in [0.05, 0.1) is 7.11 Å². The molecule has 0 bridgehead atoms. The molecule has 0 amide bonds. The molecule has 0 N–H and O–H groups in total. The van der Waals surface area contributed by atoms with Crippen LogP contribution in [0, 0.1) is 11.3 Å². The highest BCUT2D eigenvalue weighted by molar-refractivity contribution is 5.88. The van der Waals surface area contributed by atoms with Crippen molar-refractivity contribution in [2.45, 2.75) is 38.4 Å². The lowest BCUT2D eigenvalue weighted by molar-refractivity contribution is -0.137. The number of hydrogen-bond acceptors (Lipinski definition) is 6. The smallest absolute Gasteiger partial charge is 0.466 e. The average molecular weight is 331 g/mol. The van der Waals surface area contributed by atoms with E-state index >= 15 is 0 Å². The normalized spacial score (nSPS) is 13.1. The van der Waals surface area contributed by atoms with Crippen LogP contribution >= 0.6 is 0 Å². The van der Waals surface area contributed by atoms with Gasteiger partial charge in [0.25, 0.3) is 0 Å². The minimum absolute atomic E-state index is 0.00598. The van der Waals surface area contributed by atoms with Crippen LogP contribution in [0.15, 0.2) is 42.5 Å². The second kappa shape index (κ2) is 7.64. The molecule has 0 saturated carbocycles. The van der Waals surface area contributed by atoms with Crippen molar-refractivity contribution in [3.05, 3.63) is 48.0 Å². The largest absolute Gasteiger partial charge is 0.510 e. The summed E-state index contributed by atoms with van der Waals surface area (Å²) in [5.41, 5.74) is -2.11. The van der Waals surface area contributed by atoms with Crippen molar-refractivity contribution in [1.29, 1.82) is 5.26 Å². The lowest BCUT2D eigenvalue weighted by Gasteiger charge is -2.29. The molecular formula is C18H21NO5. The van der Waals surface area contributed by atoms with E-state index in [4.69, 9.17) is 9.47 Å². The number of carbonyl (C=O) groups excluding carboxylic acids is 2. The molecule has 1 aromatic rings. The maximum absolute atomic E-state index is 12.1. The summed E-state index contributed by atoms with van der Waals surface area (Å²) in [6.07, 6.45) is -1.25. The van der Waals surface area contributed by atoms with E-state index in [0.29, 0.717) is 5.56 Å². The Bertz CT molecular complexity index is 654. The molecule has 24 heavy (non-hydrogen) atoms. The van der Waals surface area contributed by atoms with Crippen LogP contribution in [0.1, 0.15) is 32.8 Å². The molecule has 1 unspecified atom stereocenters. The molecule has 0 aliphatic heterocycles.